The van der Waals surface area contributed by atoms with Crippen LogP contribution in [-0.2, 0) is 0 Å². The van der Waals surface area contributed by atoms with E-state index >= 15 is 0 Å². The minimum Gasteiger partial charge on any atom is -0.247 e. The molecule has 0 aromatic rings. The standard InChI is InChI=1S/C13H27F/c1-3-5-7-8-9-10-12-13(14)11-6-4-2/h13H,3-12H2,1-2H3. The lowest BCUT2D eigenvalue weighted by atomic mass is 10.0. The van der Waals surface area contributed by atoms with Crippen molar-refractivity contribution in [2.45, 2.75) is 84.2 Å². The van der Waals surface area contributed by atoms with Gasteiger partial charge in [-0.1, -0.05) is 65.2 Å². The second-order valence-electron chi connectivity index (χ2n) is 4.30. The third-order valence-electron chi connectivity index (χ3n) is 2.74. The van der Waals surface area contributed by atoms with Crippen molar-refractivity contribution < 1.29 is 4.39 Å². The Morgan fingerprint density at radius 1 is 0.714 bits per heavy atom. The van der Waals surface area contributed by atoms with Gasteiger partial charge in [-0.25, -0.2) is 4.39 Å². The highest BCUT2D eigenvalue weighted by molar-refractivity contribution is 4.56. The molecule has 0 rings (SSSR count). The first-order valence-corrected chi connectivity index (χ1v) is 6.45. The second-order valence-corrected chi connectivity index (χ2v) is 4.30. The molecule has 0 aromatic heterocycles. The van der Waals surface area contributed by atoms with E-state index in [-0.39, 0.29) is 0 Å². The Morgan fingerprint density at radius 2 is 1.21 bits per heavy atom. The van der Waals surface area contributed by atoms with Crippen LogP contribution in [0.5, 0.6) is 0 Å². The Kier molecular flexibility index (Phi) is 11.0. The fourth-order valence-electron chi connectivity index (χ4n) is 1.72. The zero-order chi connectivity index (χ0) is 10.6. The van der Waals surface area contributed by atoms with Crippen LogP contribution in [-0.4, -0.2) is 6.17 Å². The van der Waals surface area contributed by atoms with Gasteiger partial charge in [-0.3, -0.25) is 0 Å². The number of halogens is 1. The molecule has 14 heavy (non-hydrogen) atoms. The quantitative estimate of drug-likeness (QED) is 0.424. The Hall–Kier alpha value is -0.0700. The van der Waals surface area contributed by atoms with Gasteiger partial charge in [0.2, 0.25) is 0 Å². The molecule has 0 amide bonds. The first kappa shape index (κ1) is 13.9. The van der Waals surface area contributed by atoms with Crippen LogP contribution < -0.4 is 0 Å². The molecule has 1 unspecified atom stereocenters. The number of unbranched alkanes of at least 4 members (excludes halogenated alkanes) is 6. The summed E-state index contributed by atoms with van der Waals surface area (Å²) < 4.78 is 13.2. The zero-order valence-electron chi connectivity index (χ0n) is 10.0. The van der Waals surface area contributed by atoms with Gasteiger partial charge in [0.25, 0.3) is 0 Å². The van der Waals surface area contributed by atoms with Crippen LogP contribution in [0.25, 0.3) is 0 Å². The first-order chi connectivity index (χ1) is 6.81. The molecular formula is C13H27F. The largest absolute Gasteiger partial charge is 0.247 e. The van der Waals surface area contributed by atoms with Crippen molar-refractivity contribution in [2.75, 3.05) is 0 Å². The fraction of sp³-hybridized carbons (Fsp3) is 1.00. The predicted molar refractivity (Wildman–Crippen MR) is 62.4 cm³/mol. The lowest BCUT2D eigenvalue weighted by molar-refractivity contribution is 0.281. The summed E-state index contributed by atoms with van der Waals surface area (Å²) in [5.41, 5.74) is 0. The maximum Gasteiger partial charge on any atom is 0.100 e. The van der Waals surface area contributed by atoms with Crippen molar-refractivity contribution >= 4 is 0 Å². The van der Waals surface area contributed by atoms with Gasteiger partial charge < -0.3 is 0 Å². The van der Waals surface area contributed by atoms with Crippen LogP contribution in [0.15, 0.2) is 0 Å². The number of alkyl halides is 1. The summed E-state index contributed by atoms with van der Waals surface area (Å²) in [5, 5.41) is 0. The molecule has 0 aliphatic rings. The maximum absolute atomic E-state index is 13.2. The minimum atomic E-state index is -0.527. The average Bonchev–Trinajstić information content (AvgIpc) is 2.20. The van der Waals surface area contributed by atoms with E-state index in [1.165, 1.54) is 32.1 Å². The van der Waals surface area contributed by atoms with E-state index < -0.39 is 6.17 Å². The topological polar surface area (TPSA) is 0 Å². The Labute approximate surface area is 89.3 Å². The van der Waals surface area contributed by atoms with Crippen LogP contribution in [0.1, 0.15) is 78.1 Å². The molecule has 0 spiro atoms. The molecule has 1 atom stereocenters. The van der Waals surface area contributed by atoms with E-state index in [9.17, 15) is 4.39 Å². The third-order valence-corrected chi connectivity index (χ3v) is 2.74. The molecular weight excluding hydrogens is 175 g/mol. The normalized spacial score (nSPS) is 13.1. The van der Waals surface area contributed by atoms with E-state index in [1.807, 2.05) is 0 Å². The average molecular weight is 202 g/mol. The maximum atomic E-state index is 13.2. The number of hydrogen-bond donors (Lipinski definition) is 0. The van der Waals surface area contributed by atoms with Gasteiger partial charge >= 0.3 is 0 Å². The summed E-state index contributed by atoms with van der Waals surface area (Å²) in [6.45, 7) is 4.35. The molecule has 0 aromatic carbocycles. The second kappa shape index (κ2) is 11.0. The fourth-order valence-corrected chi connectivity index (χ4v) is 1.72. The molecule has 0 saturated heterocycles. The van der Waals surface area contributed by atoms with E-state index in [0.29, 0.717) is 0 Å². The molecule has 86 valence electrons. The van der Waals surface area contributed by atoms with Gasteiger partial charge in [0, 0.05) is 0 Å². The lowest BCUT2D eigenvalue weighted by Crippen LogP contribution is -1.99. The summed E-state index contributed by atoms with van der Waals surface area (Å²) in [6, 6.07) is 0. The van der Waals surface area contributed by atoms with Gasteiger partial charge in [0.1, 0.15) is 6.17 Å². The summed E-state index contributed by atoms with van der Waals surface area (Å²) in [6.07, 6.45) is 10.8. The van der Waals surface area contributed by atoms with Gasteiger partial charge in [-0.05, 0) is 12.8 Å². The smallest absolute Gasteiger partial charge is 0.100 e. The lowest BCUT2D eigenvalue weighted by Gasteiger charge is -2.06. The summed E-state index contributed by atoms with van der Waals surface area (Å²) >= 11 is 0. The third kappa shape index (κ3) is 10.0. The minimum absolute atomic E-state index is 0.527. The predicted octanol–water partition coefficient (Wildman–Crippen LogP) is 5.27. The molecule has 0 saturated carbocycles. The van der Waals surface area contributed by atoms with Gasteiger partial charge in [0.15, 0.2) is 0 Å². The molecule has 0 bridgehead atoms. The van der Waals surface area contributed by atoms with Crippen molar-refractivity contribution in [3.05, 3.63) is 0 Å². The molecule has 0 nitrogen and oxygen atoms in total. The molecule has 0 aliphatic carbocycles. The Balaban J connectivity index is 3.02. The van der Waals surface area contributed by atoms with Crippen LogP contribution >= 0.6 is 0 Å². The SMILES string of the molecule is CCCCCCCCC(F)CCCC. The first-order valence-electron chi connectivity index (χ1n) is 6.45. The van der Waals surface area contributed by atoms with Gasteiger partial charge in [-0.15, -0.1) is 0 Å². The molecule has 1 heteroatoms. The summed E-state index contributed by atoms with van der Waals surface area (Å²) in [4.78, 5) is 0. The van der Waals surface area contributed by atoms with E-state index in [0.717, 1.165) is 32.1 Å². The van der Waals surface area contributed by atoms with E-state index in [2.05, 4.69) is 13.8 Å². The van der Waals surface area contributed by atoms with Crippen molar-refractivity contribution in [3.8, 4) is 0 Å². The molecule has 0 fully saturated rings. The monoisotopic (exact) mass is 202 g/mol. The Bertz CT molecular complexity index is 101. The van der Waals surface area contributed by atoms with Crippen molar-refractivity contribution in [1.82, 2.24) is 0 Å². The Morgan fingerprint density at radius 3 is 1.86 bits per heavy atom. The molecule has 0 N–H and O–H groups in total. The summed E-state index contributed by atoms with van der Waals surface area (Å²) in [7, 11) is 0. The van der Waals surface area contributed by atoms with Crippen LogP contribution in [0.3, 0.4) is 0 Å². The van der Waals surface area contributed by atoms with Crippen LogP contribution in [0, 0.1) is 0 Å². The van der Waals surface area contributed by atoms with E-state index in [1.54, 1.807) is 0 Å². The highest BCUT2D eigenvalue weighted by atomic mass is 19.1. The molecule has 0 aliphatic heterocycles. The molecule has 0 radical (unpaired) electrons. The summed E-state index contributed by atoms with van der Waals surface area (Å²) in [5.74, 6) is 0. The van der Waals surface area contributed by atoms with E-state index in [4.69, 9.17) is 0 Å². The van der Waals surface area contributed by atoms with Gasteiger partial charge in [-0.2, -0.15) is 0 Å². The van der Waals surface area contributed by atoms with Crippen LogP contribution in [0.4, 0.5) is 4.39 Å². The molecule has 0 heterocycles. The highest BCUT2D eigenvalue weighted by Crippen LogP contribution is 2.14. The van der Waals surface area contributed by atoms with Crippen molar-refractivity contribution in [1.29, 1.82) is 0 Å². The van der Waals surface area contributed by atoms with Crippen LogP contribution in [0.2, 0.25) is 0 Å². The van der Waals surface area contributed by atoms with Crippen molar-refractivity contribution in [2.24, 2.45) is 0 Å². The zero-order valence-corrected chi connectivity index (χ0v) is 10.0. The number of rotatable bonds is 10. The number of hydrogen-bond acceptors (Lipinski definition) is 0. The van der Waals surface area contributed by atoms with Gasteiger partial charge in [0.05, 0.1) is 0 Å². The highest BCUT2D eigenvalue weighted by Gasteiger charge is 2.04. The van der Waals surface area contributed by atoms with Crippen molar-refractivity contribution in [3.63, 3.8) is 0 Å².